The second-order valence-corrected chi connectivity index (χ2v) is 7.15. The second kappa shape index (κ2) is 6.60. The fourth-order valence-electron chi connectivity index (χ4n) is 2.44. The van der Waals surface area contributed by atoms with Crippen molar-refractivity contribution in [1.82, 2.24) is 4.90 Å². The lowest BCUT2D eigenvalue weighted by Crippen LogP contribution is -2.36. The molecular formula is C14H17F2NO4S. The van der Waals surface area contributed by atoms with E-state index in [2.05, 4.69) is 4.74 Å². The summed E-state index contributed by atoms with van der Waals surface area (Å²) in [6, 6.07) is 3.32. The van der Waals surface area contributed by atoms with E-state index >= 15 is 0 Å². The van der Waals surface area contributed by atoms with E-state index in [4.69, 9.17) is 0 Å². The molecule has 22 heavy (non-hydrogen) atoms. The van der Waals surface area contributed by atoms with E-state index in [-0.39, 0.29) is 16.2 Å². The Labute approximate surface area is 127 Å². The summed E-state index contributed by atoms with van der Waals surface area (Å²) in [7, 11) is -3.65. The number of alkyl halides is 2. The van der Waals surface area contributed by atoms with Gasteiger partial charge in [0.25, 0.3) is 5.91 Å². The van der Waals surface area contributed by atoms with Gasteiger partial charge in [-0.3, -0.25) is 4.79 Å². The lowest BCUT2D eigenvalue weighted by atomic mass is 10.1. The van der Waals surface area contributed by atoms with Gasteiger partial charge >= 0.3 is 6.61 Å². The van der Waals surface area contributed by atoms with Crippen molar-refractivity contribution in [3.05, 3.63) is 23.8 Å². The van der Waals surface area contributed by atoms with Gasteiger partial charge in [0.1, 0.15) is 5.75 Å². The predicted octanol–water partition coefficient (Wildman–Crippen LogP) is 2.32. The molecule has 0 N–H and O–H groups in total. The molecule has 1 aromatic rings. The summed E-state index contributed by atoms with van der Waals surface area (Å²) in [5.74, 6) is -0.706. The lowest BCUT2D eigenvalue weighted by molar-refractivity contribution is -0.0499. The van der Waals surface area contributed by atoms with Crippen molar-refractivity contribution in [2.45, 2.75) is 30.8 Å². The first kappa shape index (κ1) is 16.7. The molecule has 1 fully saturated rings. The van der Waals surface area contributed by atoms with Gasteiger partial charge in [-0.15, -0.1) is 0 Å². The average Bonchev–Trinajstić information content (AvgIpc) is 2.45. The van der Waals surface area contributed by atoms with Crippen LogP contribution < -0.4 is 4.74 Å². The highest BCUT2D eigenvalue weighted by Crippen LogP contribution is 2.25. The molecule has 0 atom stereocenters. The number of halogens is 2. The van der Waals surface area contributed by atoms with Crippen LogP contribution in [0.1, 0.15) is 29.6 Å². The molecule has 0 spiro atoms. The van der Waals surface area contributed by atoms with Gasteiger partial charge in [-0.25, -0.2) is 8.42 Å². The van der Waals surface area contributed by atoms with E-state index in [9.17, 15) is 22.0 Å². The molecule has 0 unspecified atom stereocenters. The van der Waals surface area contributed by atoms with Crippen LogP contribution >= 0.6 is 0 Å². The summed E-state index contributed by atoms with van der Waals surface area (Å²) >= 11 is 0. The number of ether oxygens (including phenoxy) is 1. The van der Waals surface area contributed by atoms with Gasteiger partial charge in [-0.2, -0.15) is 8.78 Å². The largest absolute Gasteiger partial charge is 0.435 e. The van der Waals surface area contributed by atoms with E-state index in [1.165, 1.54) is 0 Å². The van der Waals surface area contributed by atoms with Gasteiger partial charge in [0.2, 0.25) is 0 Å². The number of rotatable bonds is 4. The third-order valence-corrected chi connectivity index (χ3v) is 4.60. The Morgan fingerprint density at radius 2 is 1.86 bits per heavy atom. The van der Waals surface area contributed by atoms with Gasteiger partial charge in [-0.05, 0) is 37.5 Å². The normalized spacial score (nSPS) is 15.9. The number of piperidine rings is 1. The Bertz CT molecular complexity index is 655. The van der Waals surface area contributed by atoms with Crippen LogP contribution in [0.25, 0.3) is 0 Å². The highest BCUT2D eigenvalue weighted by molar-refractivity contribution is 7.90. The number of carbonyl (C=O) groups excluding carboxylic acids is 1. The fourth-order valence-corrected chi connectivity index (χ4v) is 3.30. The van der Waals surface area contributed by atoms with Crippen molar-refractivity contribution in [3.63, 3.8) is 0 Å². The zero-order valence-corrected chi connectivity index (χ0v) is 12.9. The molecule has 1 aliphatic heterocycles. The van der Waals surface area contributed by atoms with Gasteiger partial charge < -0.3 is 9.64 Å². The minimum atomic E-state index is -3.65. The quantitative estimate of drug-likeness (QED) is 0.848. The maximum Gasteiger partial charge on any atom is 0.387 e. The van der Waals surface area contributed by atoms with Gasteiger partial charge in [0.15, 0.2) is 9.84 Å². The van der Waals surface area contributed by atoms with Crippen LogP contribution in [0.3, 0.4) is 0 Å². The number of benzene rings is 1. The van der Waals surface area contributed by atoms with Gasteiger partial charge in [-0.1, -0.05) is 0 Å². The lowest BCUT2D eigenvalue weighted by Gasteiger charge is -2.27. The summed E-state index contributed by atoms with van der Waals surface area (Å²) in [5, 5.41) is 0. The van der Waals surface area contributed by atoms with E-state index < -0.39 is 22.4 Å². The van der Waals surface area contributed by atoms with Crippen molar-refractivity contribution in [3.8, 4) is 5.75 Å². The Morgan fingerprint density at radius 3 is 2.41 bits per heavy atom. The molecule has 1 aromatic carbocycles. The number of carbonyl (C=O) groups is 1. The van der Waals surface area contributed by atoms with E-state index in [1.54, 1.807) is 4.90 Å². The summed E-state index contributed by atoms with van der Waals surface area (Å²) in [5.41, 5.74) is -0.123. The monoisotopic (exact) mass is 333 g/mol. The molecule has 122 valence electrons. The smallest absolute Gasteiger partial charge is 0.387 e. The highest BCUT2D eigenvalue weighted by atomic mass is 32.2. The zero-order valence-electron chi connectivity index (χ0n) is 12.1. The molecule has 0 bridgehead atoms. The molecule has 0 saturated carbocycles. The maximum absolute atomic E-state index is 12.5. The summed E-state index contributed by atoms with van der Waals surface area (Å²) < 4.78 is 52.5. The minimum absolute atomic E-state index is 0.123. The third kappa shape index (κ3) is 3.94. The molecule has 1 saturated heterocycles. The van der Waals surface area contributed by atoms with Crippen LogP contribution in [0, 0.1) is 0 Å². The van der Waals surface area contributed by atoms with Crippen LogP contribution in [-0.2, 0) is 9.84 Å². The van der Waals surface area contributed by atoms with Crippen molar-refractivity contribution in [2.75, 3.05) is 19.3 Å². The van der Waals surface area contributed by atoms with Crippen LogP contribution in [0.5, 0.6) is 5.75 Å². The number of amides is 1. The molecular weight excluding hydrogens is 316 g/mol. The number of hydrogen-bond acceptors (Lipinski definition) is 4. The molecule has 0 radical (unpaired) electrons. The standard InChI is InChI=1S/C14H17F2NO4S/c1-22(19,20)12-6-5-10(21-14(15)16)9-11(12)13(18)17-7-3-2-4-8-17/h5-6,9,14H,2-4,7-8H2,1H3. The molecule has 8 heteroatoms. The van der Waals surface area contributed by atoms with Crippen LogP contribution in [0.15, 0.2) is 23.1 Å². The molecule has 1 aliphatic rings. The van der Waals surface area contributed by atoms with Crippen molar-refractivity contribution in [2.24, 2.45) is 0 Å². The SMILES string of the molecule is CS(=O)(=O)c1ccc(OC(F)F)cc1C(=O)N1CCCCC1. The minimum Gasteiger partial charge on any atom is -0.435 e. The highest BCUT2D eigenvalue weighted by Gasteiger charge is 2.25. The Morgan fingerprint density at radius 1 is 1.23 bits per heavy atom. The van der Waals surface area contributed by atoms with Crippen LogP contribution in [0.4, 0.5) is 8.78 Å². The Hall–Kier alpha value is -1.70. The van der Waals surface area contributed by atoms with Crippen molar-refractivity contribution in [1.29, 1.82) is 0 Å². The summed E-state index contributed by atoms with van der Waals surface area (Å²) in [4.78, 5) is 13.9. The first-order chi connectivity index (χ1) is 10.3. The maximum atomic E-state index is 12.5. The molecule has 1 heterocycles. The Balaban J connectivity index is 2.42. The molecule has 5 nitrogen and oxygen atoms in total. The number of hydrogen-bond donors (Lipinski definition) is 0. The molecule has 0 aliphatic carbocycles. The van der Waals surface area contributed by atoms with Crippen LogP contribution in [0.2, 0.25) is 0 Å². The fraction of sp³-hybridized carbons (Fsp3) is 0.500. The second-order valence-electron chi connectivity index (χ2n) is 5.16. The zero-order chi connectivity index (χ0) is 16.3. The summed E-state index contributed by atoms with van der Waals surface area (Å²) in [6.07, 6.45) is 3.67. The van der Waals surface area contributed by atoms with E-state index in [1.807, 2.05) is 0 Å². The molecule has 2 rings (SSSR count). The number of nitrogens with zero attached hydrogens (tertiary/aromatic N) is 1. The van der Waals surface area contributed by atoms with Gasteiger partial charge in [0, 0.05) is 19.3 Å². The molecule has 1 amide bonds. The predicted molar refractivity (Wildman–Crippen MR) is 75.9 cm³/mol. The van der Waals surface area contributed by atoms with Crippen molar-refractivity contribution >= 4 is 15.7 Å². The Kier molecular flexibility index (Phi) is 5.00. The van der Waals surface area contributed by atoms with Crippen LogP contribution in [-0.4, -0.2) is 45.2 Å². The first-order valence-electron chi connectivity index (χ1n) is 6.87. The van der Waals surface area contributed by atoms with Crippen molar-refractivity contribution < 1.29 is 26.7 Å². The first-order valence-corrected chi connectivity index (χ1v) is 8.76. The van der Waals surface area contributed by atoms with Gasteiger partial charge in [0.05, 0.1) is 10.5 Å². The number of sulfone groups is 1. The number of likely N-dealkylation sites (tertiary alicyclic amines) is 1. The van der Waals surface area contributed by atoms with E-state index in [0.717, 1.165) is 43.7 Å². The summed E-state index contributed by atoms with van der Waals surface area (Å²) in [6.45, 7) is -1.98. The molecule has 0 aromatic heterocycles. The average molecular weight is 333 g/mol. The topological polar surface area (TPSA) is 63.7 Å². The van der Waals surface area contributed by atoms with E-state index in [0.29, 0.717) is 13.1 Å². The third-order valence-electron chi connectivity index (χ3n) is 3.45.